The predicted octanol–water partition coefficient (Wildman–Crippen LogP) is 2.18. The van der Waals surface area contributed by atoms with E-state index in [-0.39, 0.29) is 36.6 Å². The van der Waals surface area contributed by atoms with E-state index in [1.54, 1.807) is 26.1 Å². The highest BCUT2D eigenvalue weighted by molar-refractivity contribution is 7.80. The van der Waals surface area contributed by atoms with Crippen molar-refractivity contribution >= 4 is 40.6 Å². The molecule has 4 aliphatic rings. The number of methoxy groups -OCH3 is 1. The fourth-order valence-electron chi connectivity index (χ4n) is 7.22. The highest BCUT2D eigenvalue weighted by atomic mass is 32.1. The van der Waals surface area contributed by atoms with E-state index in [4.69, 9.17) is 33.9 Å². The molecule has 5 unspecified atom stereocenters. The normalized spacial score (nSPS) is 29.5. The summed E-state index contributed by atoms with van der Waals surface area (Å²) in [7, 11) is 5.24. The third-order valence-corrected chi connectivity index (χ3v) is 10.1. The summed E-state index contributed by atoms with van der Waals surface area (Å²) in [6, 6.07) is 1.10. The summed E-state index contributed by atoms with van der Waals surface area (Å²) in [4.78, 5) is 24.6. The van der Waals surface area contributed by atoms with Crippen LogP contribution in [0.4, 0.5) is 13.2 Å². The van der Waals surface area contributed by atoms with Gasteiger partial charge in [0.15, 0.2) is 10.2 Å². The topological polar surface area (TPSA) is 82.2 Å². The molecule has 0 aromatic carbocycles. The summed E-state index contributed by atoms with van der Waals surface area (Å²) in [6.45, 7) is 2.63. The second-order valence-electron chi connectivity index (χ2n) is 11.4. The molecule has 0 spiro atoms. The number of hydrogen-bond acceptors (Lipinski definition) is 6. The van der Waals surface area contributed by atoms with Crippen LogP contribution in [0.2, 0.25) is 0 Å². The molecule has 4 heterocycles. The summed E-state index contributed by atoms with van der Waals surface area (Å²) >= 11 is 11.4. The number of fused-ring (bicyclic) bond motifs is 2. The van der Waals surface area contributed by atoms with E-state index in [0.29, 0.717) is 67.2 Å². The van der Waals surface area contributed by atoms with Crippen LogP contribution in [0.3, 0.4) is 0 Å². The van der Waals surface area contributed by atoms with Crippen molar-refractivity contribution in [2.75, 3.05) is 54.1 Å². The second kappa shape index (κ2) is 11.8. The Hall–Kier alpha value is -2.29. The molecule has 2 saturated heterocycles. The Morgan fingerprint density at radius 1 is 1.27 bits per heavy atom. The minimum atomic E-state index is -4.50. The second-order valence-corrected chi connectivity index (χ2v) is 12.1. The lowest BCUT2D eigenvalue weighted by molar-refractivity contribution is -0.144. The average Bonchev–Trinajstić information content (AvgIpc) is 3.51. The summed E-state index contributed by atoms with van der Waals surface area (Å²) in [6.07, 6.45) is -1.34. The van der Waals surface area contributed by atoms with E-state index in [1.165, 1.54) is 0 Å². The van der Waals surface area contributed by atoms with Crippen molar-refractivity contribution in [2.24, 2.45) is 11.3 Å². The third-order valence-electron chi connectivity index (χ3n) is 9.20. The highest BCUT2D eigenvalue weighted by Crippen LogP contribution is 2.52. The maximum atomic E-state index is 14.5. The quantitative estimate of drug-likeness (QED) is 0.493. The summed E-state index contributed by atoms with van der Waals surface area (Å²) in [5.41, 5.74) is -0.492. The molecule has 1 aromatic heterocycles. The summed E-state index contributed by atoms with van der Waals surface area (Å²) in [5.74, 6) is -0.0459. The Balaban J connectivity index is 1.45. The molecule has 2 N–H and O–H groups in total. The number of thiocarbonyl (C=S) groups is 2. The first kappa shape index (κ1) is 30.2. The Bertz CT molecular complexity index is 1190. The van der Waals surface area contributed by atoms with Crippen LogP contribution in [0.25, 0.3) is 0 Å². The number of alkyl halides is 3. The van der Waals surface area contributed by atoms with Gasteiger partial charge in [0.2, 0.25) is 5.91 Å². The molecule has 5 rings (SSSR count). The molecule has 1 amide bonds. The highest BCUT2D eigenvalue weighted by Gasteiger charge is 2.61. The van der Waals surface area contributed by atoms with Crippen molar-refractivity contribution in [3.8, 4) is 0 Å². The number of rotatable bonds is 4. The van der Waals surface area contributed by atoms with E-state index in [1.807, 2.05) is 4.90 Å². The number of nitrogens with zero attached hydrogens (tertiary/aromatic N) is 4. The van der Waals surface area contributed by atoms with E-state index < -0.39 is 17.2 Å². The average molecular weight is 615 g/mol. The largest absolute Gasteiger partial charge is 0.417 e. The number of carbonyl (C=O) groups is 1. The molecule has 1 saturated carbocycles. The van der Waals surface area contributed by atoms with Crippen LogP contribution in [0.1, 0.15) is 36.1 Å². The van der Waals surface area contributed by atoms with Crippen LogP contribution in [-0.2, 0) is 33.4 Å². The zero-order valence-corrected chi connectivity index (χ0v) is 25.1. The van der Waals surface area contributed by atoms with Crippen LogP contribution >= 0.6 is 24.4 Å². The Morgan fingerprint density at radius 2 is 2.05 bits per heavy atom. The van der Waals surface area contributed by atoms with Crippen molar-refractivity contribution in [3.63, 3.8) is 0 Å². The van der Waals surface area contributed by atoms with E-state index in [0.717, 1.165) is 25.1 Å². The molecule has 3 fully saturated rings. The fourth-order valence-corrected chi connectivity index (χ4v) is 7.65. The first-order valence-corrected chi connectivity index (χ1v) is 14.8. The summed E-state index contributed by atoms with van der Waals surface area (Å²) in [5, 5.41) is 7.37. The number of halogens is 3. The van der Waals surface area contributed by atoms with Crippen molar-refractivity contribution < 1.29 is 27.4 Å². The Labute approximate surface area is 249 Å². The van der Waals surface area contributed by atoms with Gasteiger partial charge < -0.3 is 34.8 Å². The van der Waals surface area contributed by atoms with Gasteiger partial charge in [0.1, 0.15) is 6.10 Å². The summed E-state index contributed by atoms with van der Waals surface area (Å²) < 4.78 is 51.7. The fraction of sp³-hybridized carbons (Fsp3) is 0.704. The van der Waals surface area contributed by atoms with Crippen molar-refractivity contribution in [1.82, 2.24) is 30.3 Å². The minimum absolute atomic E-state index is 0.00433. The lowest BCUT2D eigenvalue weighted by Gasteiger charge is -2.44. The zero-order chi connectivity index (χ0) is 29.5. The molecule has 14 heteroatoms. The molecule has 3 aliphatic heterocycles. The third kappa shape index (κ3) is 5.59. The number of nitrogens with one attached hydrogen (secondary N) is 2. The number of aromatic nitrogens is 1. The maximum absolute atomic E-state index is 14.5. The van der Waals surface area contributed by atoms with Crippen LogP contribution in [-0.4, -0.2) is 108 Å². The molecule has 0 bridgehead atoms. The van der Waals surface area contributed by atoms with Crippen molar-refractivity contribution in [3.05, 3.63) is 29.1 Å². The van der Waals surface area contributed by atoms with Gasteiger partial charge >= 0.3 is 6.18 Å². The molecule has 5 atom stereocenters. The number of amides is 1. The molecule has 41 heavy (non-hydrogen) atoms. The molecule has 226 valence electrons. The zero-order valence-electron chi connectivity index (χ0n) is 23.5. The van der Waals surface area contributed by atoms with Crippen molar-refractivity contribution in [1.29, 1.82) is 0 Å². The number of carbonyl (C=O) groups excluding carboxylic acids is 1. The van der Waals surface area contributed by atoms with Gasteiger partial charge in [0.05, 0.1) is 23.6 Å². The minimum Gasteiger partial charge on any atom is -0.379 e. The van der Waals surface area contributed by atoms with Crippen LogP contribution in [0, 0.1) is 11.3 Å². The number of likely N-dealkylation sites (tertiary alicyclic amines) is 1. The van der Waals surface area contributed by atoms with Gasteiger partial charge in [0.25, 0.3) is 0 Å². The molecule has 1 aliphatic carbocycles. The number of ether oxygens (including phenoxy) is 2. The van der Waals surface area contributed by atoms with Gasteiger partial charge in [-0.25, -0.2) is 0 Å². The van der Waals surface area contributed by atoms with Crippen LogP contribution in [0.5, 0.6) is 0 Å². The van der Waals surface area contributed by atoms with E-state index in [2.05, 4.69) is 20.5 Å². The molecule has 0 radical (unpaired) electrons. The Morgan fingerprint density at radius 3 is 2.73 bits per heavy atom. The van der Waals surface area contributed by atoms with Gasteiger partial charge in [-0.1, -0.05) is 0 Å². The van der Waals surface area contributed by atoms with Gasteiger partial charge in [-0.2, -0.15) is 13.2 Å². The molecule has 9 nitrogen and oxygen atoms in total. The predicted molar refractivity (Wildman–Crippen MR) is 154 cm³/mol. The monoisotopic (exact) mass is 614 g/mol. The van der Waals surface area contributed by atoms with Crippen LogP contribution in [0.15, 0.2) is 12.3 Å². The lowest BCUT2D eigenvalue weighted by Crippen LogP contribution is -2.58. The van der Waals surface area contributed by atoms with E-state index in [9.17, 15) is 18.0 Å². The molecular weight excluding hydrogens is 577 g/mol. The van der Waals surface area contributed by atoms with Gasteiger partial charge in [-0.3, -0.25) is 9.78 Å². The standard InChI is InChI=1S/C27H37F3N6O3S2/c1-31-24(40)35-13-18-9-19(36(25(41)32-2)21-5-7-39-14-22(21)38-3)10-26(18,15-35)23(37)34-6-4-20-16(12-34)8-17(11-33-20)27(28,29)30/h8,11,18-19,21-22H,4-7,9-10,12-15H2,1-3H3,(H,31,40)(H,32,41). The van der Waals surface area contributed by atoms with E-state index >= 15 is 0 Å². The van der Waals surface area contributed by atoms with Gasteiger partial charge in [0, 0.05) is 78.3 Å². The number of pyridine rings is 1. The van der Waals surface area contributed by atoms with Gasteiger partial charge in [-0.15, -0.1) is 0 Å². The first-order chi connectivity index (χ1) is 19.5. The van der Waals surface area contributed by atoms with Crippen molar-refractivity contribution in [2.45, 2.75) is 56.6 Å². The van der Waals surface area contributed by atoms with Gasteiger partial charge in [-0.05, 0) is 61.2 Å². The number of hydrogen-bond donors (Lipinski definition) is 2. The van der Waals surface area contributed by atoms with Crippen LogP contribution < -0.4 is 10.6 Å². The smallest absolute Gasteiger partial charge is 0.379 e. The lowest BCUT2D eigenvalue weighted by atomic mass is 9.78. The maximum Gasteiger partial charge on any atom is 0.417 e. The Kier molecular flexibility index (Phi) is 8.66. The molecular formula is C27H37F3N6O3S2. The SMILES string of the molecule is CNC(=S)N1CC2CC(N(C(=S)NC)C3CCOCC3OC)CC2(C(=O)N2CCc3ncc(C(F)(F)F)cc3C2)C1. The molecule has 1 aromatic rings. The first-order valence-electron chi connectivity index (χ1n) is 13.9.